The highest BCUT2D eigenvalue weighted by atomic mass is 79.9. The summed E-state index contributed by atoms with van der Waals surface area (Å²) in [5.74, 6) is 1.32. The molecule has 1 aliphatic rings. The number of carbonyl (C=O) groups is 2. The molecule has 0 saturated heterocycles. The van der Waals surface area contributed by atoms with Crippen molar-refractivity contribution in [2.75, 3.05) is 24.9 Å². The Balaban J connectivity index is 1.61. The van der Waals surface area contributed by atoms with Crippen molar-refractivity contribution in [3.05, 3.63) is 68.5 Å². The SMILES string of the molecule is COc1ccc(CC(=O)Nc2sc3c(c2C(=O)Nc2ccc(Br)cc2)CCC(C(C)(C)C)C3)cc1OC. The van der Waals surface area contributed by atoms with Crippen molar-refractivity contribution in [2.45, 2.75) is 46.5 Å². The van der Waals surface area contributed by atoms with E-state index in [1.807, 2.05) is 30.3 Å². The minimum atomic E-state index is -0.199. The number of amides is 2. The summed E-state index contributed by atoms with van der Waals surface area (Å²) in [6, 6.07) is 12.9. The number of thiophene rings is 1. The summed E-state index contributed by atoms with van der Waals surface area (Å²) < 4.78 is 11.6. The van der Waals surface area contributed by atoms with Gasteiger partial charge in [0.25, 0.3) is 5.91 Å². The van der Waals surface area contributed by atoms with Crippen molar-refractivity contribution < 1.29 is 19.1 Å². The average molecular weight is 586 g/mol. The maximum absolute atomic E-state index is 13.5. The molecule has 0 saturated carbocycles. The number of ether oxygens (including phenoxy) is 2. The second-order valence-electron chi connectivity index (χ2n) is 10.4. The van der Waals surface area contributed by atoms with Gasteiger partial charge in [-0.25, -0.2) is 0 Å². The van der Waals surface area contributed by atoms with Crippen LogP contribution in [-0.4, -0.2) is 26.0 Å². The molecule has 3 aromatic rings. The third-order valence-corrected chi connectivity index (χ3v) is 8.58. The molecule has 1 aliphatic carbocycles. The molecule has 1 heterocycles. The zero-order chi connectivity index (χ0) is 26.7. The van der Waals surface area contributed by atoms with E-state index < -0.39 is 0 Å². The molecule has 1 aromatic heterocycles. The molecule has 0 aliphatic heterocycles. The van der Waals surface area contributed by atoms with E-state index in [1.54, 1.807) is 26.4 Å². The van der Waals surface area contributed by atoms with E-state index in [4.69, 9.17) is 9.47 Å². The highest BCUT2D eigenvalue weighted by Crippen LogP contribution is 2.44. The lowest BCUT2D eigenvalue weighted by atomic mass is 9.72. The lowest BCUT2D eigenvalue weighted by Crippen LogP contribution is -2.27. The standard InChI is InChI=1S/C29H33BrN2O4S/c1-29(2,3)18-7-12-21-24(16-18)37-28(26(21)27(34)31-20-10-8-19(30)9-11-20)32-25(33)15-17-6-13-22(35-4)23(14-17)36-5/h6,8-11,13-14,18H,7,12,15-16H2,1-5H3,(H,31,34)(H,32,33). The molecule has 0 bridgehead atoms. The topological polar surface area (TPSA) is 76.7 Å². The van der Waals surface area contributed by atoms with Gasteiger partial charge < -0.3 is 20.1 Å². The quantitative estimate of drug-likeness (QED) is 0.310. The number of hydrogen-bond acceptors (Lipinski definition) is 5. The first-order valence-electron chi connectivity index (χ1n) is 12.3. The number of fused-ring (bicyclic) bond motifs is 1. The smallest absolute Gasteiger partial charge is 0.258 e. The van der Waals surface area contributed by atoms with E-state index in [0.29, 0.717) is 33.7 Å². The van der Waals surface area contributed by atoms with Crippen molar-refractivity contribution in [3.8, 4) is 11.5 Å². The fourth-order valence-corrected chi connectivity index (χ4v) is 6.33. The second kappa shape index (κ2) is 11.3. The molecule has 0 spiro atoms. The van der Waals surface area contributed by atoms with Crippen LogP contribution in [0, 0.1) is 11.3 Å². The lowest BCUT2D eigenvalue weighted by molar-refractivity contribution is -0.115. The number of benzene rings is 2. The Labute approximate surface area is 230 Å². The molecule has 6 nitrogen and oxygen atoms in total. The van der Waals surface area contributed by atoms with E-state index >= 15 is 0 Å². The summed E-state index contributed by atoms with van der Waals surface area (Å²) in [5.41, 5.74) is 3.32. The Bertz CT molecular complexity index is 1290. The van der Waals surface area contributed by atoms with Crippen LogP contribution < -0.4 is 20.1 Å². The van der Waals surface area contributed by atoms with Crippen LogP contribution in [-0.2, 0) is 24.1 Å². The molecule has 196 valence electrons. The van der Waals surface area contributed by atoms with Gasteiger partial charge in [0.2, 0.25) is 5.91 Å². The summed E-state index contributed by atoms with van der Waals surface area (Å²) in [6.45, 7) is 6.80. The van der Waals surface area contributed by atoms with E-state index in [1.165, 1.54) is 16.2 Å². The summed E-state index contributed by atoms with van der Waals surface area (Å²) in [6.07, 6.45) is 2.90. The molecular formula is C29H33BrN2O4S. The van der Waals surface area contributed by atoms with Gasteiger partial charge in [0.15, 0.2) is 11.5 Å². The van der Waals surface area contributed by atoms with Crippen LogP contribution in [0.3, 0.4) is 0 Å². The number of halogens is 1. The fourth-order valence-electron chi connectivity index (χ4n) is 4.73. The number of methoxy groups -OCH3 is 2. The first kappa shape index (κ1) is 27.2. The van der Waals surface area contributed by atoms with Gasteiger partial charge in [-0.3, -0.25) is 9.59 Å². The summed E-state index contributed by atoms with van der Waals surface area (Å²) in [5, 5.41) is 6.68. The molecular weight excluding hydrogens is 552 g/mol. The molecule has 0 fully saturated rings. The number of carbonyl (C=O) groups excluding carboxylic acids is 2. The fraction of sp³-hybridized carbons (Fsp3) is 0.379. The zero-order valence-corrected chi connectivity index (χ0v) is 24.3. The van der Waals surface area contributed by atoms with Crippen molar-refractivity contribution in [1.82, 2.24) is 0 Å². The van der Waals surface area contributed by atoms with Gasteiger partial charge in [-0.1, -0.05) is 42.8 Å². The molecule has 2 N–H and O–H groups in total. The average Bonchev–Trinajstić information content (AvgIpc) is 3.21. The third-order valence-electron chi connectivity index (χ3n) is 6.88. The summed E-state index contributed by atoms with van der Waals surface area (Å²) in [7, 11) is 3.15. The van der Waals surface area contributed by atoms with Gasteiger partial charge in [-0.05, 0) is 78.1 Å². The minimum Gasteiger partial charge on any atom is -0.493 e. The normalized spacial score (nSPS) is 15.0. The third kappa shape index (κ3) is 6.36. The highest BCUT2D eigenvalue weighted by Gasteiger charge is 2.34. The lowest BCUT2D eigenvalue weighted by Gasteiger charge is -2.33. The van der Waals surface area contributed by atoms with Crippen LogP contribution in [0.25, 0.3) is 0 Å². The van der Waals surface area contributed by atoms with Crippen molar-refractivity contribution in [1.29, 1.82) is 0 Å². The van der Waals surface area contributed by atoms with Gasteiger partial charge in [0.05, 0.1) is 26.2 Å². The molecule has 1 atom stereocenters. The Morgan fingerprint density at radius 1 is 1.03 bits per heavy atom. The van der Waals surface area contributed by atoms with E-state index in [2.05, 4.69) is 47.3 Å². The number of rotatable bonds is 7. The maximum atomic E-state index is 13.5. The van der Waals surface area contributed by atoms with Crippen LogP contribution in [0.2, 0.25) is 0 Å². The minimum absolute atomic E-state index is 0.154. The molecule has 0 radical (unpaired) electrons. The van der Waals surface area contributed by atoms with Gasteiger partial charge in [-0.2, -0.15) is 0 Å². The van der Waals surface area contributed by atoms with Gasteiger partial charge in [0.1, 0.15) is 5.00 Å². The van der Waals surface area contributed by atoms with Crippen molar-refractivity contribution >= 4 is 49.8 Å². The van der Waals surface area contributed by atoms with E-state index in [9.17, 15) is 9.59 Å². The van der Waals surface area contributed by atoms with Crippen molar-refractivity contribution in [2.24, 2.45) is 11.3 Å². The molecule has 8 heteroatoms. The highest BCUT2D eigenvalue weighted by molar-refractivity contribution is 9.10. The molecule has 4 rings (SSSR count). The predicted molar refractivity (Wildman–Crippen MR) is 153 cm³/mol. The summed E-state index contributed by atoms with van der Waals surface area (Å²) >= 11 is 4.96. The first-order valence-corrected chi connectivity index (χ1v) is 13.9. The molecule has 2 amide bonds. The summed E-state index contributed by atoms with van der Waals surface area (Å²) in [4.78, 5) is 27.8. The largest absolute Gasteiger partial charge is 0.493 e. The second-order valence-corrected chi connectivity index (χ2v) is 12.4. The van der Waals surface area contributed by atoms with Crippen LogP contribution in [0.15, 0.2) is 46.9 Å². The van der Waals surface area contributed by atoms with Crippen LogP contribution in [0.5, 0.6) is 11.5 Å². The number of anilines is 2. The number of hydrogen-bond donors (Lipinski definition) is 2. The Kier molecular flexibility index (Phi) is 8.29. The van der Waals surface area contributed by atoms with Crippen LogP contribution in [0.1, 0.15) is 53.6 Å². The Morgan fingerprint density at radius 2 is 1.73 bits per heavy atom. The maximum Gasteiger partial charge on any atom is 0.258 e. The van der Waals surface area contributed by atoms with Crippen LogP contribution >= 0.6 is 27.3 Å². The zero-order valence-electron chi connectivity index (χ0n) is 21.9. The van der Waals surface area contributed by atoms with Gasteiger partial charge in [0, 0.05) is 15.0 Å². The van der Waals surface area contributed by atoms with Crippen molar-refractivity contribution in [3.63, 3.8) is 0 Å². The molecule has 37 heavy (non-hydrogen) atoms. The Hall–Kier alpha value is -2.84. The number of nitrogens with one attached hydrogen (secondary N) is 2. The van der Waals surface area contributed by atoms with E-state index in [-0.39, 0.29) is 23.7 Å². The van der Waals surface area contributed by atoms with Gasteiger partial charge >= 0.3 is 0 Å². The Morgan fingerprint density at radius 3 is 2.38 bits per heavy atom. The molecule has 2 aromatic carbocycles. The first-order chi connectivity index (χ1) is 17.6. The van der Waals surface area contributed by atoms with E-state index in [0.717, 1.165) is 34.9 Å². The van der Waals surface area contributed by atoms with Crippen LogP contribution in [0.4, 0.5) is 10.7 Å². The van der Waals surface area contributed by atoms with Gasteiger partial charge in [-0.15, -0.1) is 11.3 Å². The monoisotopic (exact) mass is 584 g/mol. The molecule has 1 unspecified atom stereocenters. The predicted octanol–water partition coefficient (Wildman–Crippen LogP) is 7.11.